The molecule has 0 spiro atoms. The van der Waals surface area contributed by atoms with Crippen molar-refractivity contribution >= 4 is 5.91 Å². The van der Waals surface area contributed by atoms with Gasteiger partial charge in [-0.2, -0.15) is 4.98 Å². The molecule has 2 N–H and O–H groups in total. The van der Waals surface area contributed by atoms with Crippen LogP contribution in [-0.4, -0.2) is 26.1 Å². The number of aryl methyl sites for hydroxylation is 1. The molecule has 3 rings (SSSR count). The molecule has 2 aromatic heterocycles. The first kappa shape index (κ1) is 19.7. The first-order valence-electron chi connectivity index (χ1n) is 9.17. The van der Waals surface area contributed by atoms with Gasteiger partial charge >= 0.3 is 0 Å². The van der Waals surface area contributed by atoms with Crippen molar-refractivity contribution in [3.05, 3.63) is 65.6 Å². The minimum Gasteiger partial charge on any atom is -0.386 e. The van der Waals surface area contributed by atoms with Crippen LogP contribution in [0.4, 0.5) is 0 Å². The van der Waals surface area contributed by atoms with Crippen LogP contribution in [0, 0.1) is 6.92 Å². The van der Waals surface area contributed by atoms with E-state index in [1.165, 1.54) is 0 Å². The highest BCUT2D eigenvalue weighted by Crippen LogP contribution is 2.26. The molecule has 0 aliphatic carbocycles. The molecule has 0 fully saturated rings. The Bertz CT molecular complexity index is 976. The molecule has 28 heavy (non-hydrogen) atoms. The summed E-state index contributed by atoms with van der Waals surface area (Å²) < 4.78 is 5.18. The fraction of sp³-hybridized carbons (Fsp3) is 0.333. The van der Waals surface area contributed by atoms with Crippen molar-refractivity contribution in [3.8, 4) is 11.1 Å². The first-order valence-corrected chi connectivity index (χ1v) is 9.17. The minimum absolute atomic E-state index is 0.226. The minimum atomic E-state index is -0.992. The zero-order chi connectivity index (χ0) is 20.3. The third-order valence-electron chi connectivity index (χ3n) is 4.46. The Labute approximate surface area is 163 Å². The molecule has 1 atom stereocenters. The number of carbonyl (C=O) groups excluding carboxylic acids is 1. The molecule has 0 aliphatic rings. The molecule has 2 heterocycles. The number of hydrogen-bond acceptors (Lipinski definition) is 6. The second-order valence-corrected chi connectivity index (χ2v) is 7.22. The molecule has 7 heteroatoms. The lowest BCUT2D eigenvalue weighted by molar-refractivity contribution is 0.0782. The summed E-state index contributed by atoms with van der Waals surface area (Å²) in [5.41, 5.74) is 1.90. The molecule has 1 amide bonds. The van der Waals surface area contributed by atoms with Gasteiger partial charge in [0.15, 0.2) is 5.82 Å². The summed E-state index contributed by atoms with van der Waals surface area (Å²) in [4.78, 5) is 21.2. The smallest absolute Gasteiger partial charge is 0.251 e. The number of pyridine rings is 1. The summed E-state index contributed by atoms with van der Waals surface area (Å²) >= 11 is 0. The highest BCUT2D eigenvalue weighted by molar-refractivity contribution is 5.95. The number of hydrogen-bond donors (Lipinski definition) is 2. The number of amides is 1. The fourth-order valence-electron chi connectivity index (χ4n) is 2.81. The van der Waals surface area contributed by atoms with E-state index in [4.69, 9.17) is 4.52 Å². The number of aromatic nitrogens is 3. The number of nitrogens with zero attached hydrogens (tertiary/aromatic N) is 3. The summed E-state index contributed by atoms with van der Waals surface area (Å²) in [6, 6.07) is 8.79. The lowest BCUT2D eigenvalue weighted by Crippen LogP contribution is -2.28. The summed E-state index contributed by atoms with van der Waals surface area (Å²) in [6.07, 6.45) is 3.98. The zero-order valence-corrected chi connectivity index (χ0v) is 16.4. The Morgan fingerprint density at radius 1 is 1.25 bits per heavy atom. The van der Waals surface area contributed by atoms with Crippen LogP contribution in [0.3, 0.4) is 0 Å². The Kier molecular flexibility index (Phi) is 5.56. The van der Waals surface area contributed by atoms with Gasteiger partial charge in [-0.1, -0.05) is 24.2 Å². The highest BCUT2D eigenvalue weighted by atomic mass is 16.5. The lowest BCUT2D eigenvalue weighted by Gasteiger charge is -2.18. The maximum atomic E-state index is 12.7. The molecule has 146 valence electrons. The largest absolute Gasteiger partial charge is 0.386 e. The summed E-state index contributed by atoms with van der Waals surface area (Å²) in [5, 5.41) is 16.9. The number of benzene rings is 1. The molecule has 0 saturated carbocycles. The molecular weight excluding hydrogens is 356 g/mol. The van der Waals surface area contributed by atoms with Crippen molar-refractivity contribution in [2.75, 3.05) is 0 Å². The van der Waals surface area contributed by atoms with Gasteiger partial charge in [-0.15, -0.1) is 0 Å². The molecule has 0 aliphatic heterocycles. The molecule has 3 aromatic rings. The van der Waals surface area contributed by atoms with E-state index < -0.39 is 5.60 Å². The zero-order valence-electron chi connectivity index (χ0n) is 16.4. The van der Waals surface area contributed by atoms with Gasteiger partial charge in [0, 0.05) is 29.1 Å². The number of carbonyl (C=O) groups is 1. The Balaban J connectivity index is 1.84. The van der Waals surface area contributed by atoms with Crippen LogP contribution in [0.15, 0.2) is 47.2 Å². The molecule has 7 nitrogen and oxygen atoms in total. The third kappa shape index (κ3) is 4.43. The van der Waals surface area contributed by atoms with Crippen LogP contribution >= 0.6 is 0 Å². The molecule has 1 aromatic carbocycles. The van der Waals surface area contributed by atoms with E-state index in [9.17, 15) is 9.90 Å². The van der Waals surface area contributed by atoms with E-state index in [1.807, 2.05) is 25.1 Å². The van der Waals surface area contributed by atoms with Crippen molar-refractivity contribution < 1.29 is 14.4 Å². The van der Waals surface area contributed by atoms with Crippen molar-refractivity contribution in [1.29, 1.82) is 0 Å². The molecular formula is C21H24N4O3. The lowest BCUT2D eigenvalue weighted by atomic mass is 9.96. The van der Waals surface area contributed by atoms with Gasteiger partial charge in [-0.25, -0.2) is 0 Å². The predicted molar refractivity (Wildman–Crippen MR) is 104 cm³/mol. The van der Waals surface area contributed by atoms with Crippen LogP contribution in [0.5, 0.6) is 0 Å². The van der Waals surface area contributed by atoms with Gasteiger partial charge in [-0.3, -0.25) is 9.78 Å². The quantitative estimate of drug-likeness (QED) is 0.678. The molecule has 0 unspecified atom stereocenters. The van der Waals surface area contributed by atoms with E-state index in [2.05, 4.69) is 20.4 Å². The van der Waals surface area contributed by atoms with Crippen LogP contribution in [-0.2, 0) is 5.60 Å². The van der Waals surface area contributed by atoms with Gasteiger partial charge in [0.25, 0.3) is 5.91 Å². The standard InChI is InChI=1S/C21H24N4O3/c1-5-18(20-23-13(2)25-28-20)24-19(26)15-8-6-7-14(9-15)16-10-17(12-22-11-16)21(3,4)27/h6-12,18,27H,5H2,1-4H3,(H,24,26)/t18-/m1/s1. The second kappa shape index (κ2) is 7.90. The summed E-state index contributed by atoms with van der Waals surface area (Å²) in [5.74, 6) is 0.701. The normalized spacial score (nSPS) is 12.6. The van der Waals surface area contributed by atoms with Crippen LogP contribution < -0.4 is 5.32 Å². The average molecular weight is 380 g/mol. The number of rotatable bonds is 6. The maximum Gasteiger partial charge on any atom is 0.251 e. The van der Waals surface area contributed by atoms with Crippen LogP contribution in [0.2, 0.25) is 0 Å². The van der Waals surface area contributed by atoms with Crippen molar-refractivity contribution in [3.63, 3.8) is 0 Å². The summed E-state index contributed by atoms with van der Waals surface area (Å²) in [6.45, 7) is 7.10. The Morgan fingerprint density at radius 3 is 2.68 bits per heavy atom. The van der Waals surface area contributed by atoms with Crippen LogP contribution in [0.1, 0.15) is 60.9 Å². The van der Waals surface area contributed by atoms with Gasteiger partial charge < -0.3 is 14.9 Å². The number of nitrogens with one attached hydrogen (secondary N) is 1. The van der Waals surface area contributed by atoms with Gasteiger partial charge in [0.1, 0.15) is 6.04 Å². The van der Waals surface area contributed by atoms with Gasteiger partial charge in [0.2, 0.25) is 5.89 Å². The van der Waals surface area contributed by atoms with E-state index in [1.54, 1.807) is 45.3 Å². The topological polar surface area (TPSA) is 101 Å². The summed E-state index contributed by atoms with van der Waals surface area (Å²) in [7, 11) is 0. The van der Waals surface area contributed by atoms with Crippen molar-refractivity contribution in [2.45, 2.75) is 45.8 Å². The van der Waals surface area contributed by atoms with E-state index in [0.29, 0.717) is 29.3 Å². The van der Waals surface area contributed by atoms with E-state index in [-0.39, 0.29) is 11.9 Å². The second-order valence-electron chi connectivity index (χ2n) is 7.22. The molecule has 0 bridgehead atoms. The molecule has 0 radical (unpaired) electrons. The van der Waals surface area contributed by atoms with Gasteiger partial charge in [0.05, 0.1) is 5.60 Å². The average Bonchev–Trinajstić information content (AvgIpc) is 3.11. The Hall–Kier alpha value is -3.06. The van der Waals surface area contributed by atoms with Gasteiger partial charge in [-0.05, 0) is 51.0 Å². The third-order valence-corrected chi connectivity index (χ3v) is 4.46. The first-order chi connectivity index (χ1) is 13.3. The van der Waals surface area contributed by atoms with E-state index in [0.717, 1.165) is 11.1 Å². The SMILES string of the molecule is CC[C@@H](NC(=O)c1cccc(-c2cncc(C(C)(C)O)c2)c1)c1nc(C)no1. The monoisotopic (exact) mass is 380 g/mol. The predicted octanol–water partition coefficient (Wildman–Crippen LogP) is 3.55. The fourth-order valence-corrected chi connectivity index (χ4v) is 2.81. The van der Waals surface area contributed by atoms with Crippen molar-refractivity contribution in [2.24, 2.45) is 0 Å². The van der Waals surface area contributed by atoms with Crippen molar-refractivity contribution in [1.82, 2.24) is 20.4 Å². The maximum absolute atomic E-state index is 12.7. The van der Waals surface area contributed by atoms with E-state index >= 15 is 0 Å². The number of aliphatic hydroxyl groups is 1. The van der Waals surface area contributed by atoms with Crippen LogP contribution in [0.25, 0.3) is 11.1 Å². The molecule has 0 saturated heterocycles. The highest BCUT2D eigenvalue weighted by Gasteiger charge is 2.20. The Morgan fingerprint density at radius 2 is 2.04 bits per heavy atom.